The van der Waals surface area contributed by atoms with E-state index in [0.29, 0.717) is 5.88 Å². The van der Waals surface area contributed by atoms with Gasteiger partial charge in [-0.25, -0.2) is 0 Å². The van der Waals surface area contributed by atoms with Gasteiger partial charge in [0.1, 0.15) is 17.9 Å². The second-order valence-corrected chi connectivity index (χ2v) is 3.69. The predicted molar refractivity (Wildman–Crippen MR) is 56.7 cm³/mol. The summed E-state index contributed by atoms with van der Waals surface area (Å²) in [5, 5.41) is 7.78. The number of hydrogen-bond acceptors (Lipinski definition) is 3. The highest BCUT2D eigenvalue weighted by Crippen LogP contribution is 2.16. The molecule has 0 fully saturated rings. The lowest BCUT2D eigenvalue weighted by Gasteiger charge is -2.12. The van der Waals surface area contributed by atoms with Crippen LogP contribution in [-0.4, -0.2) is 14.8 Å². The van der Waals surface area contributed by atoms with E-state index >= 15 is 0 Å². The van der Waals surface area contributed by atoms with Crippen LogP contribution in [0.2, 0.25) is 0 Å². The third-order valence-corrected chi connectivity index (χ3v) is 2.56. The molecule has 0 aliphatic rings. The van der Waals surface area contributed by atoms with Gasteiger partial charge in [-0.15, -0.1) is 21.8 Å². The fourth-order valence-corrected chi connectivity index (χ4v) is 1.74. The molecule has 1 unspecified atom stereocenters. The molecule has 2 aromatic rings. The number of halogens is 1. The van der Waals surface area contributed by atoms with Crippen LogP contribution >= 0.6 is 11.6 Å². The Hall–Kier alpha value is -1.29. The van der Waals surface area contributed by atoms with Gasteiger partial charge in [-0.2, -0.15) is 0 Å². The Morgan fingerprint density at radius 1 is 1.60 bits per heavy atom. The van der Waals surface area contributed by atoms with E-state index in [1.54, 1.807) is 12.6 Å². The van der Waals surface area contributed by atoms with Crippen molar-refractivity contribution in [1.29, 1.82) is 0 Å². The maximum atomic E-state index is 5.75. The number of nitrogens with zero attached hydrogens (tertiary/aromatic N) is 3. The van der Waals surface area contributed by atoms with Crippen molar-refractivity contribution in [2.75, 3.05) is 0 Å². The normalized spacial score (nSPS) is 12.9. The van der Waals surface area contributed by atoms with Gasteiger partial charge in [0.15, 0.2) is 0 Å². The van der Waals surface area contributed by atoms with E-state index in [0.717, 1.165) is 18.0 Å². The van der Waals surface area contributed by atoms with Gasteiger partial charge < -0.3 is 8.98 Å². The first-order valence-electron chi connectivity index (χ1n) is 4.78. The van der Waals surface area contributed by atoms with Gasteiger partial charge in [0, 0.05) is 12.5 Å². The highest BCUT2D eigenvalue weighted by molar-refractivity contribution is 6.16. The summed E-state index contributed by atoms with van der Waals surface area (Å²) in [7, 11) is 0. The lowest BCUT2D eigenvalue weighted by Crippen LogP contribution is -2.09. The van der Waals surface area contributed by atoms with Crippen LogP contribution in [0.5, 0.6) is 0 Å². The standard InChI is InChI=1S/C10H12ClN3O/c1-8(5-9-3-2-4-15-9)14-7-12-13-10(14)6-11/h2-4,7-8H,5-6H2,1H3. The van der Waals surface area contributed by atoms with Crippen LogP contribution in [0.15, 0.2) is 29.1 Å². The van der Waals surface area contributed by atoms with Crippen molar-refractivity contribution in [1.82, 2.24) is 14.8 Å². The summed E-state index contributed by atoms with van der Waals surface area (Å²) in [5.74, 6) is 2.12. The minimum Gasteiger partial charge on any atom is -0.469 e. The van der Waals surface area contributed by atoms with Crippen molar-refractivity contribution in [2.24, 2.45) is 0 Å². The largest absolute Gasteiger partial charge is 0.469 e. The van der Waals surface area contributed by atoms with E-state index in [4.69, 9.17) is 16.0 Å². The number of rotatable bonds is 4. The minimum atomic E-state index is 0.250. The molecule has 0 amide bonds. The molecule has 0 saturated carbocycles. The molecular formula is C10H12ClN3O. The Bertz CT molecular complexity index is 410. The number of hydrogen-bond donors (Lipinski definition) is 0. The number of alkyl halides is 1. The zero-order chi connectivity index (χ0) is 10.7. The van der Waals surface area contributed by atoms with E-state index in [-0.39, 0.29) is 6.04 Å². The van der Waals surface area contributed by atoms with E-state index in [1.807, 2.05) is 16.7 Å². The van der Waals surface area contributed by atoms with Crippen molar-refractivity contribution in [3.8, 4) is 0 Å². The molecule has 0 aliphatic carbocycles. The van der Waals surface area contributed by atoms with Crippen molar-refractivity contribution in [2.45, 2.75) is 25.3 Å². The number of aromatic nitrogens is 3. The first-order chi connectivity index (χ1) is 7.31. The van der Waals surface area contributed by atoms with Crippen LogP contribution in [0.3, 0.4) is 0 Å². The monoisotopic (exact) mass is 225 g/mol. The van der Waals surface area contributed by atoms with Crippen LogP contribution in [0.25, 0.3) is 0 Å². The fraction of sp³-hybridized carbons (Fsp3) is 0.400. The van der Waals surface area contributed by atoms with Crippen molar-refractivity contribution in [3.63, 3.8) is 0 Å². The van der Waals surface area contributed by atoms with Gasteiger partial charge in [0.05, 0.1) is 12.1 Å². The predicted octanol–water partition coefficient (Wildman–Crippen LogP) is 2.41. The van der Waals surface area contributed by atoms with E-state index in [9.17, 15) is 0 Å². The average molecular weight is 226 g/mol. The minimum absolute atomic E-state index is 0.250. The third kappa shape index (κ3) is 2.21. The summed E-state index contributed by atoms with van der Waals surface area (Å²) >= 11 is 5.75. The van der Waals surface area contributed by atoms with Crippen LogP contribution in [0.4, 0.5) is 0 Å². The Labute approximate surface area is 92.9 Å². The van der Waals surface area contributed by atoms with Gasteiger partial charge >= 0.3 is 0 Å². The van der Waals surface area contributed by atoms with Gasteiger partial charge in [0.2, 0.25) is 0 Å². The van der Waals surface area contributed by atoms with Crippen LogP contribution in [-0.2, 0) is 12.3 Å². The quantitative estimate of drug-likeness (QED) is 0.751. The number of furan rings is 1. The van der Waals surface area contributed by atoms with Crippen molar-refractivity contribution >= 4 is 11.6 Å². The molecule has 0 radical (unpaired) electrons. The van der Waals surface area contributed by atoms with Gasteiger partial charge in [-0.1, -0.05) is 0 Å². The maximum Gasteiger partial charge on any atom is 0.148 e. The smallest absolute Gasteiger partial charge is 0.148 e. The van der Waals surface area contributed by atoms with Crippen molar-refractivity contribution in [3.05, 3.63) is 36.3 Å². The molecule has 80 valence electrons. The molecule has 0 saturated heterocycles. The summed E-state index contributed by atoms with van der Waals surface area (Å²) in [5.41, 5.74) is 0. The molecule has 0 spiro atoms. The van der Waals surface area contributed by atoms with E-state index in [2.05, 4.69) is 17.1 Å². The lowest BCUT2D eigenvalue weighted by atomic mass is 10.2. The van der Waals surface area contributed by atoms with Crippen LogP contribution in [0.1, 0.15) is 24.6 Å². The molecule has 2 aromatic heterocycles. The first-order valence-corrected chi connectivity index (χ1v) is 5.31. The molecule has 0 aliphatic heterocycles. The summed E-state index contributed by atoms with van der Waals surface area (Å²) in [6, 6.07) is 4.10. The first kappa shape index (κ1) is 10.2. The molecule has 1 atom stereocenters. The van der Waals surface area contributed by atoms with E-state index < -0.39 is 0 Å². The maximum absolute atomic E-state index is 5.75. The third-order valence-electron chi connectivity index (χ3n) is 2.32. The van der Waals surface area contributed by atoms with Gasteiger partial charge in [-0.05, 0) is 19.1 Å². The SMILES string of the molecule is CC(Cc1ccco1)n1cnnc1CCl. The van der Waals surface area contributed by atoms with Gasteiger partial charge in [-0.3, -0.25) is 0 Å². The summed E-state index contributed by atoms with van der Waals surface area (Å²) in [4.78, 5) is 0. The Morgan fingerprint density at radius 3 is 3.13 bits per heavy atom. The Kier molecular flexibility index (Phi) is 3.06. The zero-order valence-electron chi connectivity index (χ0n) is 8.43. The molecule has 2 rings (SSSR count). The molecule has 4 nitrogen and oxygen atoms in total. The molecule has 0 N–H and O–H groups in total. The summed E-state index contributed by atoms with van der Waals surface area (Å²) < 4.78 is 7.26. The molecule has 0 aromatic carbocycles. The molecule has 2 heterocycles. The molecular weight excluding hydrogens is 214 g/mol. The summed E-state index contributed by atoms with van der Waals surface area (Å²) in [6.07, 6.45) is 4.19. The molecule has 5 heteroatoms. The average Bonchev–Trinajstić information content (AvgIpc) is 2.86. The fourth-order valence-electron chi connectivity index (χ4n) is 1.55. The van der Waals surface area contributed by atoms with Crippen LogP contribution < -0.4 is 0 Å². The lowest BCUT2D eigenvalue weighted by molar-refractivity contribution is 0.443. The second-order valence-electron chi connectivity index (χ2n) is 3.42. The Morgan fingerprint density at radius 2 is 2.47 bits per heavy atom. The highest BCUT2D eigenvalue weighted by atomic mass is 35.5. The van der Waals surface area contributed by atoms with Gasteiger partial charge in [0.25, 0.3) is 0 Å². The molecule has 0 bridgehead atoms. The zero-order valence-corrected chi connectivity index (χ0v) is 9.18. The Balaban J connectivity index is 2.11. The second kappa shape index (κ2) is 4.49. The van der Waals surface area contributed by atoms with Crippen LogP contribution in [0, 0.1) is 0 Å². The topological polar surface area (TPSA) is 43.9 Å². The summed E-state index contributed by atoms with van der Waals surface area (Å²) in [6.45, 7) is 2.09. The van der Waals surface area contributed by atoms with Crippen molar-refractivity contribution < 1.29 is 4.42 Å². The van der Waals surface area contributed by atoms with E-state index in [1.165, 1.54) is 0 Å². The highest BCUT2D eigenvalue weighted by Gasteiger charge is 2.11. The molecule has 15 heavy (non-hydrogen) atoms.